The number of rotatable bonds is 4. The van der Waals surface area contributed by atoms with Gasteiger partial charge in [0.1, 0.15) is 11.6 Å². The van der Waals surface area contributed by atoms with E-state index in [2.05, 4.69) is 30.6 Å². The van der Waals surface area contributed by atoms with Crippen molar-refractivity contribution in [3.63, 3.8) is 0 Å². The molecule has 0 radical (unpaired) electrons. The van der Waals surface area contributed by atoms with Crippen LogP contribution >= 0.6 is 0 Å². The molecule has 0 saturated carbocycles. The van der Waals surface area contributed by atoms with Crippen molar-refractivity contribution in [2.45, 2.75) is 49.6 Å². The molecule has 4 N–H and O–H groups in total. The number of H-pyrrole nitrogens is 2. The molecule has 2 aliphatic heterocycles. The highest BCUT2D eigenvalue weighted by molar-refractivity contribution is 5.87. The summed E-state index contributed by atoms with van der Waals surface area (Å²) in [4.78, 5) is 16.1. The molecular weight excluding hydrogens is 592 g/mol. The van der Waals surface area contributed by atoms with Gasteiger partial charge in [-0.1, -0.05) is 36.4 Å². The average Bonchev–Trinajstić information content (AvgIpc) is 3.89. The van der Waals surface area contributed by atoms with Crippen molar-refractivity contribution >= 4 is 22.1 Å². The zero-order valence-corrected chi connectivity index (χ0v) is 24.7. The second-order valence-corrected chi connectivity index (χ2v) is 12.7. The van der Waals surface area contributed by atoms with Gasteiger partial charge in [-0.15, -0.1) is 0 Å². The Labute approximate surface area is 261 Å². The normalized spacial score (nSPS) is 21.6. The molecule has 2 fully saturated rings. The van der Waals surface area contributed by atoms with Crippen LogP contribution in [-0.4, -0.2) is 33.0 Å². The van der Waals surface area contributed by atoms with Crippen molar-refractivity contribution in [3.8, 4) is 33.4 Å². The van der Waals surface area contributed by atoms with Crippen molar-refractivity contribution in [2.24, 2.45) is 0 Å². The van der Waals surface area contributed by atoms with Gasteiger partial charge >= 0.3 is 11.8 Å². The number of aromatic nitrogens is 4. The molecule has 9 rings (SSSR count). The minimum Gasteiger partial charge on any atom is -0.341 e. The SMILES string of the molecule is FC1(F)c2cc(-c3ccc4nc(C5CCCN5)[nH]c4c3)ccc2-c2ccc(-c3ccc4nc([C@@H]5CCCN5)[nH]c4c3)cc2C1(F)F. The third-order valence-corrected chi connectivity index (χ3v) is 9.85. The highest BCUT2D eigenvalue weighted by atomic mass is 19.3. The Morgan fingerprint density at radius 2 is 0.957 bits per heavy atom. The van der Waals surface area contributed by atoms with Gasteiger partial charge in [0, 0.05) is 11.1 Å². The molecule has 4 aromatic carbocycles. The maximum absolute atomic E-state index is 15.9. The number of halogens is 4. The molecule has 2 saturated heterocycles. The van der Waals surface area contributed by atoms with Crippen molar-refractivity contribution in [2.75, 3.05) is 13.1 Å². The van der Waals surface area contributed by atoms with E-state index in [1.807, 2.05) is 24.3 Å². The van der Waals surface area contributed by atoms with E-state index >= 15 is 17.6 Å². The second-order valence-electron chi connectivity index (χ2n) is 12.7. The zero-order chi connectivity index (χ0) is 31.2. The molecule has 6 aromatic rings. The summed E-state index contributed by atoms with van der Waals surface area (Å²) in [6, 6.07) is 20.1. The average molecular weight is 623 g/mol. The van der Waals surface area contributed by atoms with Crippen LogP contribution in [0.4, 0.5) is 17.6 Å². The van der Waals surface area contributed by atoms with E-state index in [4.69, 9.17) is 0 Å². The Morgan fingerprint density at radius 3 is 1.37 bits per heavy atom. The molecule has 2 aromatic heterocycles. The first-order chi connectivity index (χ1) is 22.3. The maximum Gasteiger partial charge on any atom is 0.340 e. The van der Waals surface area contributed by atoms with Crippen LogP contribution in [0.1, 0.15) is 60.5 Å². The highest BCUT2D eigenvalue weighted by Crippen LogP contribution is 2.58. The summed E-state index contributed by atoms with van der Waals surface area (Å²) in [6.07, 6.45) is 4.13. The number of alkyl halides is 4. The lowest BCUT2D eigenvalue weighted by Gasteiger charge is -2.35. The lowest BCUT2D eigenvalue weighted by molar-refractivity contribution is -0.225. The van der Waals surface area contributed by atoms with Crippen molar-refractivity contribution < 1.29 is 17.6 Å². The number of fused-ring (bicyclic) bond motifs is 5. The van der Waals surface area contributed by atoms with Gasteiger partial charge in [0.2, 0.25) is 0 Å². The molecule has 6 nitrogen and oxygen atoms in total. The minimum absolute atomic E-state index is 0.108. The largest absolute Gasteiger partial charge is 0.341 e. The molecule has 2 atom stereocenters. The first-order valence-electron chi connectivity index (χ1n) is 15.8. The molecule has 0 bridgehead atoms. The van der Waals surface area contributed by atoms with Gasteiger partial charge in [0.15, 0.2) is 0 Å². The highest BCUT2D eigenvalue weighted by Gasteiger charge is 2.62. The molecule has 46 heavy (non-hydrogen) atoms. The smallest absolute Gasteiger partial charge is 0.340 e. The lowest BCUT2D eigenvalue weighted by Crippen LogP contribution is -2.39. The van der Waals surface area contributed by atoms with Crippen LogP contribution in [0.15, 0.2) is 72.8 Å². The van der Waals surface area contributed by atoms with E-state index in [1.165, 1.54) is 24.3 Å². The Kier molecular flexibility index (Phi) is 6.02. The predicted molar refractivity (Wildman–Crippen MR) is 170 cm³/mol. The van der Waals surface area contributed by atoms with E-state index in [0.29, 0.717) is 22.3 Å². The number of imidazole rings is 2. The molecule has 4 heterocycles. The Morgan fingerprint density at radius 1 is 0.543 bits per heavy atom. The molecule has 3 aliphatic rings. The summed E-state index contributed by atoms with van der Waals surface area (Å²) in [5.74, 6) is -7.15. The van der Waals surface area contributed by atoms with E-state index in [-0.39, 0.29) is 23.2 Å². The molecule has 0 amide bonds. The van der Waals surface area contributed by atoms with E-state index in [9.17, 15) is 0 Å². The monoisotopic (exact) mass is 622 g/mol. The third kappa shape index (κ3) is 4.16. The van der Waals surface area contributed by atoms with Gasteiger partial charge in [-0.3, -0.25) is 0 Å². The molecule has 10 heteroatoms. The summed E-state index contributed by atoms with van der Waals surface area (Å²) < 4.78 is 63.5. The fourth-order valence-electron chi connectivity index (χ4n) is 7.36. The molecule has 1 unspecified atom stereocenters. The summed E-state index contributed by atoms with van der Waals surface area (Å²) in [7, 11) is 0. The van der Waals surface area contributed by atoms with E-state index in [1.54, 1.807) is 24.3 Å². The predicted octanol–water partition coefficient (Wildman–Crippen LogP) is 8.49. The number of hydrogen-bond donors (Lipinski definition) is 4. The second kappa shape index (κ2) is 9.98. The van der Waals surface area contributed by atoms with Crippen LogP contribution in [0.5, 0.6) is 0 Å². The summed E-state index contributed by atoms with van der Waals surface area (Å²) in [5.41, 5.74) is 4.10. The molecular formula is C36H30F4N6. The number of nitrogens with one attached hydrogen (secondary N) is 4. The molecule has 0 spiro atoms. The van der Waals surface area contributed by atoms with Crippen LogP contribution in [-0.2, 0) is 11.8 Å². The van der Waals surface area contributed by atoms with Gasteiger partial charge in [0.05, 0.1) is 34.2 Å². The Bertz CT molecular complexity index is 2000. The van der Waals surface area contributed by atoms with Crippen LogP contribution < -0.4 is 10.6 Å². The fraction of sp³-hybridized carbons (Fsp3) is 0.278. The van der Waals surface area contributed by atoms with Gasteiger partial charge in [0.25, 0.3) is 0 Å². The Balaban J connectivity index is 1.09. The number of benzene rings is 4. The maximum atomic E-state index is 15.9. The zero-order valence-electron chi connectivity index (χ0n) is 24.7. The third-order valence-electron chi connectivity index (χ3n) is 9.85. The van der Waals surface area contributed by atoms with Crippen LogP contribution in [0, 0.1) is 0 Å². The van der Waals surface area contributed by atoms with Crippen LogP contribution in [0.25, 0.3) is 55.4 Å². The molecule has 1 aliphatic carbocycles. The van der Waals surface area contributed by atoms with Gasteiger partial charge in [-0.2, -0.15) is 17.6 Å². The summed E-state index contributed by atoms with van der Waals surface area (Å²) >= 11 is 0. The summed E-state index contributed by atoms with van der Waals surface area (Å²) in [6.45, 7) is 1.87. The van der Waals surface area contributed by atoms with Gasteiger partial charge < -0.3 is 20.6 Å². The van der Waals surface area contributed by atoms with Crippen molar-refractivity contribution in [3.05, 3.63) is 95.6 Å². The standard InChI is InChI=1S/C36H30F4N6/c37-35(38)25-15-19(21-7-11-27-31(17-21)45-33(43-27)29-3-1-13-41-29)5-9-23(25)24-10-6-20(16-26(24)36(35,39)40)22-8-12-28-32(18-22)46-34(44-28)30-4-2-14-42-30/h5-12,15-18,29-30,41-42H,1-4,13-14H2,(H,43,45)(H,44,46)/t29-,30?/m0/s1. The van der Waals surface area contributed by atoms with Crippen LogP contribution in [0.3, 0.4) is 0 Å². The first-order valence-corrected chi connectivity index (χ1v) is 15.8. The van der Waals surface area contributed by atoms with Crippen molar-refractivity contribution in [1.29, 1.82) is 0 Å². The minimum atomic E-state index is -4.42. The van der Waals surface area contributed by atoms with Gasteiger partial charge in [-0.25, -0.2) is 9.97 Å². The number of aromatic amines is 2. The van der Waals surface area contributed by atoms with Gasteiger partial charge in [-0.05, 0) is 109 Å². The fourth-order valence-corrected chi connectivity index (χ4v) is 7.36. The van der Waals surface area contributed by atoms with E-state index in [0.717, 1.165) is 72.5 Å². The lowest BCUT2D eigenvalue weighted by atomic mass is 9.78. The van der Waals surface area contributed by atoms with Crippen molar-refractivity contribution in [1.82, 2.24) is 30.6 Å². The first kappa shape index (κ1) is 27.7. The van der Waals surface area contributed by atoms with Crippen LogP contribution in [0.2, 0.25) is 0 Å². The Hall–Kier alpha value is -4.54. The quantitative estimate of drug-likeness (QED) is 0.149. The molecule has 232 valence electrons. The summed E-state index contributed by atoms with van der Waals surface area (Å²) in [5, 5.41) is 6.83. The topological polar surface area (TPSA) is 81.4 Å². The number of nitrogens with zero attached hydrogens (tertiary/aromatic N) is 2. The van der Waals surface area contributed by atoms with E-state index < -0.39 is 23.0 Å². The number of hydrogen-bond acceptors (Lipinski definition) is 4.